The molecule has 0 aliphatic rings. The summed E-state index contributed by atoms with van der Waals surface area (Å²) in [4.78, 5) is 24.3. The van der Waals surface area contributed by atoms with Gasteiger partial charge in [0.25, 0.3) is 0 Å². The standard InChI is InChI=1S/C24H47NO3/c1-6-8-9-10-11-12-13-14-15-16-17-18-19-20-22(26)21(7-2)23(24(27)28)25(3,4)5/h21,23H,6-20H2,1-5H3/p+1. The average molecular weight is 399 g/mol. The topological polar surface area (TPSA) is 54.4 Å². The Morgan fingerprint density at radius 2 is 1.11 bits per heavy atom. The molecule has 0 aromatic carbocycles. The molecule has 0 aromatic rings. The van der Waals surface area contributed by atoms with Gasteiger partial charge >= 0.3 is 5.97 Å². The van der Waals surface area contributed by atoms with Gasteiger partial charge in [-0.1, -0.05) is 90.9 Å². The van der Waals surface area contributed by atoms with Crippen molar-refractivity contribution in [2.45, 2.75) is 116 Å². The van der Waals surface area contributed by atoms with Crippen molar-refractivity contribution in [1.29, 1.82) is 0 Å². The van der Waals surface area contributed by atoms with Crippen LogP contribution in [0, 0.1) is 5.92 Å². The highest BCUT2D eigenvalue weighted by atomic mass is 16.4. The van der Waals surface area contributed by atoms with Crippen molar-refractivity contribution in [3.8, 4) is 0 Å². The van der Waals surface area contributed by atoms with E-state index in [9.17, 15) is 14.7 Å². The maximum atomic E-state index is 12.6. The molecule has 2 atom stereocenters. The number of hydrogen-bond acceptors (Lipinski definition) is 2. The summed E-state index contributed by atoms with van der Waals surface area (Å²) in [6.07, 6.45) is 17.9. The molecule has 4 heteroatoms. The predicted molar refractivity (Wildman–Crippen MR) is 119 cm³/mol. The first-order chi connectivity index (χ1) is 13.3. The van der Waals surface area contributed by atoms with Crippen LogP contribution in [0.15, 0.2) is 0 Å². The third-order valence-electron chi connectivity index (χ3n) is 5.85. The average Bonchev–Trinajstić information content (AvgIpc) is 2.61. The van der Waals surface area contributed by atoms with Gasteiger partial charge in [0.05, 0.1) is 27.1 Å². The summed E-state index contributed by atoms with van der Waals surface area (Å²) in [5, 5.41) is 9.58. The minimum Gasteiger partial charge on any atom is -0.477 e. The Morgan fingerprint density at radius 1 is 0.714 bits per heavy atom. The van der Waals surface area contributed by atoms with Crippen molar-refractivity contribution in [1.82, 2.24) is 0 Å². The summed E-state index contributed by atoms with van der Waals surface area (Å²) < 4.78 is 0.290. The van der Waals surface area contributed by atoms with E-state index >= 15 is 0 Å². The minimum absolute atomic E-state index is 0.131. The molecule has 0 fully saturated rings. The van der Waals surface area contributed by atoms with Crippen LogP contribution < -0.4 is 0 Å². The molecular weight excluding hydrogens is 350 g/mol. The van der Waals surface area contributed by atoms with E-state index in [4.69, 9.17) is 0 Å². The number of ketones is 1. The Labute approximate surface area is 174 Å². The first-order valence-corrected chi connectivity index (χ1v) is 11.8. The third kappa shape index (κ3) is 12.5. The Kier molecular flexibility index (Phi) is 15.4. The van der Waals surface area contributed by atoms with E-state index in [-0.39, 0.29) is 16.2 Å². The molecule has 0 saturated heterocycles. The van der Waals surface area contributed by atoms with E-state index in [0.29, 0.717) is 12.8 Å². The highest BCUT2D eigenvalue weighted by molar-refractivity contribution is 5.87. The van der Waals surface area contributed by atoms with Gasteiger partial charge in [-0.05, 0) is 12.8 Å². The monoisotopic (exact) mass is 398 g/mol. The normalized spacial score (nSPS) is 14.0. The first kappa shape index (κ1) is 27.1. The molecule has 0 amide bonds. The second-order valence-electron chi connectivity index (χ2n) is 9.37. The second-order valence-corrected chi connectivity index (χ2v) is 9.37. The number of carbonyl (C=O) groups excluding carboxylic acids is 1. The number of Topliss-reactive ketones (excluding diaryl/α,β-unsaturated/α-hetero) is 1. The van der Waals surface area contributed by atoms with Crippen LogP contribution in [-0.4, -0.2) is 48.5 Å². The van der Waals surface area contributed by atoms with Crippen molar-refractivity contribution in [3.63, 3.8) is 0 Å². The predicted octanol–water partition coefficient (Wildman–Crippen LogP) is 6.22. The van der Waals surface area contributed by atoms with Gasteiger partial charge in [0.1, 0.15) is 5.78 Å². The van der Waals surface area contributed by atoms with Gasteiger partial charge in [-0.15, -0.1) is 0 Å². The molecule has 0 radical (unpaired) electrons. The molecule has 0 rings (SSSR count). The molecule has 0 heterocycles. The van der Waals surface area contributed by atoms with Gasteiger partial charge in [-0.25, -0.2) is 4.79 Å². The van der Waals surface area contributed by atoms with Crippen LogP contribution in [-0.2, 0) is 9.59 Å². The number of likely N-dealkylation sites (N-methyl/N-ethyl adjacent to an activating group) is 1. The Morgan fingerprint density at radius 3 is 1.43 bits per heavy atom. The van der Waals surface area contributed by atoms with E-state index in [0.717, 1.165) is 12.8 Å². The maximum absolute atomic E-state index is 12.6. The number of carboxylic acids is 1. The number of hydrogen-bond donors (Lipinski definition) is 1. The molecule has 4 nitrogen and oxygen atoms in total. The molecule has 166 valence electrons. The molecule has 1 N–H and O–H groups in total. The number of carboxylic acid groups (broad SMARTS) is 1. The lowest BCUT2D eigenvalue weighted by Crippen LogP contribution is -2.55. The lowest BCUT2D eigenvalue weighted by molar-refractivity contribution is -0.890. The smallest absolute Gasteiger partial charge is 0.363 e. The van der Waals surface area contributed by atoms with Crippen LogP contribution in [0.1, 0.15) is 110 Å². The zero-order valence-electron chi connectivity index (χ0n) is 19.5. The number of carbonyl (C=O) groups is 2. The molecule has 0 aliphatic heterocycles. The molecule has 0 spiro atoms. The highest BCUT2D eigenvalue weighted by Crippen LogP contribution is 2.22. The fourth-order valence-corrected chi connectivity index (χ4v) is 4.17. The number of rotatable bonds is 19. The number of aliphatic carboxylic acids is 1. The zero-order valence-corrected chi connectivity index (χ0v) is 19.5. The summed E-state index contributed by atoms with van der Waals surface area (Å²) >= 11 is 0. The summed E-state index contributed by atoms with van der Waals surface area (Å²) in [5.74, 6) is -1.11. The molecule has 0 aliphatic carbocycles. The second kappa shape index (κ2) is 16.0. The fraction of sp³-hybridized carbons (Fsp3) is 0.917. The van der Waals surface area contributed by atoms with Crippen LogP contribution in [0.25, 0.3) is 0 Å². The van der Waals surface area contributed by atoms with E-state index in [2.05, 4.69) is 6.92 Å². The van der Waals surface area contributed by atoms with Gasteiger partial charge in [0.2, 0.25) is 0 Å². The summed E-state index contributed by atoms with van der Waals surface area (Å²) in [6.45, 7) is 4.19. The number of quaternary nitrogens is 1. The van der Waals surface area contributed by atoms with Gasteiger partial charge < -0.3 is 9.59 Å². The third-order valence-corrected chi connectivity index (χ3v) is 5.85. The van der Waals surface area contributed by atoms with E-state index in [1.165, 1.54) is 70.6 Å². The van der Waals surface area contributed by atoms with Crippen LogP contribution in [0.3, 0.4) is 0 Å². The van der Waals surface area contributed by atoms with Crippen LogP contribution in [0.4, 0.5) is 0 Å². The maximum Gasteiger partial charge on any atom is 0.363 e. The molecule has 0 saturated carbocycles. The largest absolute Gasteiger partial charge is 0.477 e. The first-order valence-electron chi connectivity index (χ1n) is 11.8. The summed E-state index contributed by atoms with van der Waals surface area (Å²) in [5.41, 5.74) is 0. The minimum atomic E-state index is -0.863. The SMILES string of the molecule is CCCCCCCCCCCCCCCC(=O)C(CC)C(C(=O)O)[N+](C)(C)C. The van der Waals surface area contributed by atoms with Crippen LogP contribution >= 0.6 is 0 Å². The lowest BCUT2D eigenvalue weighted by atomic mass is 9.88. The molecule has 28 heavy (non-hydrogen) atoms. The summed E-state index contributed by atoms with van der Waals surface area (Å²) in [6, 6.07) is -0.653. The molecule has 0 aromatic heterocycles. The quantitative estimate of drug-likeness (QED) is 0.207. The highest BCUT2D eigenvalue weighted by Gasteiger charge is 2.41. The van der Waals surface area contributed by atoms with E-state index < -0.39 is 12.0 Å². The molecule has 2 unspecified atom stereocenters. The van der Waals surface area contributed by atoms with Crippen molar-refractivity contribution in [3.05, 3.63) is 0 Å². The van der Waals surface area contributed by atoms with Crippen molar-refractivity contribution in [2.24, 2.45) is 5.92 Å². The van der Waals surface area contributed by atoms with Crippen molar-refractivity contribution >= 4 is 11.8 Å². The van der Waals surface area contributed by atoms with E-state index in [1.54, 1.807) is 0 Å². The van der Waals surface area contributed by atoms with Gasteiger partial charge in [0.15, 0.2) is 6.04 Å². The lowest BCUT2D eigenvalue weighted by Gasteiger charge is -2.35. The number of nitrogens with zero attached hydrogens (tertiary/aromatic N) is 1. The van der Waals surface area contributed by atoms with Crippen LogP contribution in [0.5, 0.6) is 0 Å². The van der Waals surface area contributed by atoms with Gasteiger partial charge in [0, 0.05) is 6.42 Å². The fourth-order valence-electron chi connectivity index (χ4n) is 4.17. The van der Waals surface area contributed by atoms with Gasteiger partial charge in [-0.3, -0.25) is 4.79 Å². The number of unbranched alkanes of at least 4 members (excludes halogenated alkanes) is 12. The van der Waals surface area contributed by atoms with E-state index in [1.807, 2.05) is 28.1 Å². The zero-order chi connectivity index (χ0) is 21.4. The summed E-state index contributed by atoms with van der Waals surface area (Å²) in [7, 11) is 5.58. The van der Waals surface area contributed by atoms with Gasteiger partial charge in [-0.2, -0.15) is 0 Å². The Bertz CT molecular complexity index is 415. The Hall–Kier alpha value is -0.900. The van der Waals surface area contributed by atoms with Crippen LogP contribution in [0.2, 0.25) is 0 Å². The van der Waals surface area contributed by atoms with Crippen molar-refractivity contribution < 1.29 is 19.2 Å². The Balaban J connectivity index is 3.84. The van der Waals surface area contributed by atoms with Crippen molar-refractivity contribution in [2.75, 3.05) is 21.1 Å². The molecule has 0 bridgehead atoms. The molecular formula is C24H48NO3+.